The van der Waals surface area contributed by atoms with E-state index in [4.69, 9.17) is 15.6 Å². The van der Waals surface area contributed by atoms with Gasteiger partial charge in [-0.25, -0.2) is 9.59 Å². The van der Waals surface area contributed by atoms with Gasteiger partial charge in [-0.3, -0.25) is 10.2 Å². The fraction of sp³-hybridized carbons (Fsp3) is 0.200. The van der Waals surface area contributed by atoms with E-state index in [-0.39, 0.29) is 6.42 Å². The van der Waals surface area contributed by atoms with Crippen LogP contribution >= 0.6 is 0 Å². The molecule has 0 saturated carbocycles. The molecule has 144 valence electrons. The van der Waals surface area contributed by atoms with E-state index in [1.165, 1.54) is 0 Å². The van der Waals surface area contributed by atoms with Gasteiger partial charge in [-0.2, -0.15) is 0 Å². The van der Waals surface area contributed by atoms with Crippen LogP contribution in [-0.2, 0) is 27.1 Å². The van der Waals surface area contributed by atoms with Gasteiger partial charge in [-0.1, -0.05) is 42.5 Å². The molecule has 28 heavy (non-hydrogen) atoms. The molecule has 0 bridgehead atoms. The molecule has 2 aromatic rings. The number of esters is 1. The van der Waals surface area contributed by atoms with Crippen LogP contribution in [0.1, 0.15) is 23.1 Å². The Bertz CT molecular complexity index is 967. The SMILES string of the molecule is N=C(CC(Cc1cccc2c1Cc1ccccc1-2)C(=O)OC(=O)O)OC(=O)O. The van der Waals surface area contributed by atoms with Gasteiger partial charge in [-0.05, 0) is 40.7 Å². The first kappa shape index (κ1) is 19.1. The molecule has 0 spiro atoms. The number of nitrogens with one attached hydrogen (secondary N) is 1. The van der Waals surface area contributed by atoms with Crippen molar-refractivity contribution in [3.63, 3.8) is 0 Å². The maximum absolute atomic E-state index is 12.2. The summed E-state index contributed by atoms with van der Waals surface area (Å²) in [5.74, 6) is -2.78. The molecule has 1 unspecified atom stereocenters. The molecule has 0 saturated heterocycles. The molecule has 8 heteroatoms. The predicted molar refractivity (Wildman–Crippen MR) is 97.4 cm³/mol. The van der Waals surface area contributed by atoms with Crippen molar-refractivity contribution < 1.29 is 34.1 Å². The second-order valence-electron chi connectivity index (χ2n) is 6.36. The number of rotatable bonds is 5. The molecule has 3 N–H and O–H groups in total. The molecule has 3 rings (SSSR count). The second kappa shape index (κ2) is 7.91. The van der Waals surface area contributed by atoms with Gasteiger partial charge >= 0.3 is 18.3 Å². The zero-order valence-electron chi connectivity index (χ0n) is 14.7. The van der Waals surface area contributed by atoms with E-state index in [1.54, 1.807) is 0 Å². The first-order chi connectivity index (χ1) is 13.3. The number of carbonyl (C=O) groups excluding carboxylic acids is 1. The molecular weight excluding hydrogens is 366 g/mol. The van der Waals surface area contributed by atoms with E-state index >= 15 is 0 Å². The summed E-state index contributed by atoms with van der Waals surface area (Å²) in [6.07, 6.45) is -3.06. The number of ether oxygens (including phenoxy) is 2. The van der Waals surface area contributed by atoms with Crippen LogP contribution in [0.15, 0.2) is 42.5 Å². The molecule has 1 aliphatic carbocycles. The maximum atomic E-state index is 12.2. The summed E-state index contributed by atoms with van der Waals surface area (Å²) in [4.78, 5) is 33.5. The minimum atomic E-state index is -1.76. The predicted octanol–water partition coefficient (Wildman–Crippen LogP) is 3.70. The molecular formula is C20H17NO7. The standard InChI is InChI=1S/C20H17NO7/c21-17(27-19(23)24)10-13(18(22)28-20(25)26)8-11-5-3-7-15-14-6-2-1-4-12(14)9-16(11)15/h1-7,13,21H,8-10H2,(H,23,24)(H,25,26). The fourth-order valence-electron chi connectivity index (χ4n) is 3.46. The number of hydrogen-bond acceptors (Lipinski definition) is 6. The lowest BCUT2D eigenvalue weighted by Gasteiger charge is -2.16. The van der Waals surface area contributed by atoms with Crippen LogP contribution in [0.4, 0.5) is 9.59 Å². The highest BCUT2D eigenvalue weighted by Crippen LogP contribution is 2.38. The molecule has 0 radical (unpaired) electrons. The molecule has 0 heterocycles. The lowest BCUT2D eigenvalue weighted by atomic mass is 9.91. The van der Waals surface area contributed by atoms with Crippen molar-refractivity contribution in [1.29, 1.82) is 5.41 Å². The van der Waals surface area contributed by atoms with E-state index in [0.29, 0.717) is 6.42 Å². The second-order valence-corrected chi connectivity index (χ2v) is 6.36. The van der Waals surface area contributed by atoms with Gasteiger partial charge in [0.15, 0.2) is 5.90 Å². The normalized spacial score (nSPS) is 12.4. The molecule has 0 aromatic heterocycles. The molecule has 0 fully saturated rings. The Morgan fingerprint density at radius 1 is 0.964 bits per heavy atom. The third kappa shape index (κ3) is 4.17. The van der Waals surface area contributed by atoms with Crippen LogP contribution in [0.3, 0.4) is 0 Å². The Hall–Kier alpha value is -3.68. The lowest BCUT2D eigenvalue weighted by Crippen LogP contribution is -2.26. The van der Waals surface area contributed by atoms with Crippen molar-refractivity contribution >= 4 is 24.2 Å². The number of benzene rings is 2. The zero-order valence-corrected chi connectivity index (χ0v) is 14.7. The highest BCUT2D eigenvalue weighted by atomic mass is 16.7. The summed E-state index contributed by atoms with van der Waals surface area (Å²) in [5, 5.41) is 24.9. The Morgan fingerprint density at radius 2 is 1.64 bits per heavy atom. The molecule has 0 aliphatic heterocycles. The van der Waals surface area contributed by atoms with Gasteiger partial charge in [0.05, 0.1) is 5.92 Å². The van der Waals surface area contributed by atoms with Gasteiger partial charge in [0, 0.05) is 6.42 Å². The van der Waals surface area contributed by atoms with Crippen LogP contribution in [0.5, 0.6) is 0 Å². The van der Waals surface area contributed by atoms with Gasteiger partial charge < -0.3 is 19.7 Å². The van der Waals surface area contributed by atoms with Crippen molar-refractivity contribution in [2.24, 2.45) is 5.92 Å². The minimum absolute atomic E-state index is 0.0919. The third-order valence-corrected chi connectivity index (χ3v) is 4.58. The summed E-state index contributed by atoms with van der Waals surface area (Å²) in [7, 11) is 0. The Labute approximate surface area is 159 Å². The monoisotopic (exact) mass is 383 g/mol. The molecule has 0 amide bonds. The Balaban J connectivity index is 1.87. The smallest absolute Gasteiger partial charge is 0.449 e. The van der Waals surface area contributed by atoms with Gasteiger partial charge in [0.2, 0.25) is 0 Å². The third-order valence-electron chi connectivity index (χ3n) is 4.58. The Kier molecular flexibility index (Phi) is 5.39. The lowest BCUT2D eigenvalue weighted by molar-refractivity contribution is -0.143. The van der Waals surface area contributed by atoms with Crippen molar-refractivity contribution in [3.8, 4) is 11.1 Å². The van der Waals surface area contributed by atoms with Crippen molar-refractivity contribution in [2.45, 2.75) is 19.3 Å². The molecule has 2 aromatic carbocycles. The van der Waals surface area contributed by atoms with E-state index in [0.717, 1.165) is 27.8 Å². The van der Waals surface area contributed by atoms with E-state index in [2.05, 4.69) is 9.47 Å². The van der Waals surface area contributed by atoms with Crippen molar-refractivity contribution in [2.75, 3.05) is 0 Å². The first-order valence-electron chi connectivity index (χ1n) is 8.47. The van der Waals surface area contributed by atoms with Crippen LogP contribution in [0.25, 0.3) is 11.1 Å². The topological polar surface area (TPSA) is 134 Å². The van der Waals surface area contributed by atoms with Crippen LogP contribution < -0.4 is 0 Å². The number of carboxylic acid groups (broad SMARTS) is 2. The number of hydrogen-bond donors (Lipinski definition) is 3. The summed E-state index contributed by atoms with van der Waals surface area (Å²) < 4.78 is 8.51. The van der Waals surface area contributed by atoms with Crippen LogP contribution in [-0.4, -0.2) is 34.4 Å². The van der Waals surface area contributed by atoms with E-state index in [9.17, 15) is 14.4 Å². The number of fused-ring (bicyclic) bond motifs is 3. The first-order valence-corrected chi connectivity index (χ1v) is 8.47. The van der Waals surface area contributed by atoms with Crippen molar-refractivity contribution in [1.82, 2.24) is 0 Å². The molecule has 1 aliphatic rings. The maximum Gasteiger partial charge on any atom is 0.513 e. The average Bonchev–Trinajstić information content (AvgIpc) is 2.99. The highest BCUT2D eigenvalue weighted by molar-refractivity contribution is 5.89. The van der Waals surface area contributed by atoms with Crippen molar-refractivity contribution in [3.05, 3.63) is 59.2 Å². The summed E-state index contributed by atoms with van der Waals surface area (Å²) >= 11 is 0. The fourth-order valence-corrected chi connectivity index (χ4v) is 3.46. The quantitative estimate of drug-likeness (QED) is 0.265. The number of carbonyl (C=O) groups is 3. The summed E-state index contributed by atoms with van der Waals surface area (Å²) in [6, 6.07) is 13.6. The van der Waals surface area contributed by atoms with Crippen LogP contribution in [0.2, 0.25) is 0 Å². The molecule has 8 nitrogen and oxygen atoms in total. The van der Waals surface area contributed by atoms with Crippen LogP contribution in [0, 0.1) is 11.3 Å². The molecule has 1 atom stereocenters. The largest absolute Gasteiger partial charge is 0.513 e. The van der Waals surface area contributed by atoms with E-state index in [1.807, 2.05) is 42.5 Å². The highest BCUT2D eigenvalue weighted by Gasteiger charge is 2.29. The summed E-state index contributed by atoms with van der Waals surface area (Å²) in [6.45, 7) is 0. The van der Waals surface area contributed by atoms with Gasteiger partial charge in [0.1, 0.15) is 0 Å². The Morgan fingerprint density at radius 3 is 2.36 bits per heavy atom. The van der Waals surface area contributed by atoms with Gasteiger partial charge in [-0.15, -0.1) is 0 Å². The van der Waals surface area contributed by atoms with E-state index < -0.39 is 36.5 Å². The zero-order chi connectivity index (χ0) is 20.3. The van der Waals surface area contributed by atoms with Gasteiger partial charge in [0.25, 0.3) is 0 Å². The minimum Gasteiger partial charge on any atom is -0.449 e. The summed E-state index contributed by atoms with van der Waals surface area (Å²) in [5.41, 5.74) is 5.12. The average molecular weight is 383 g/mol.